The summed E-state index contributed by atoms with van der Waals surface area (Å²) in [5, 5.41) is 12.4. The van der Waals surface area contributed by atoms with Crippen LogP contribution in [0.1, 0.15) is 56.8 Å². The third-order valence-corrected chi connectivity index (χ3v) is 6.78. The molecule has 2 fully saturated rings. The molecule has 2 saturated heterocycles. The second kappa shape index (κ2) is 7.11. The Morgan fingerprint density at radius 2 is 2.00 bits per heavy atom. The summed E-state index contributed by atoms with van der Waals surface area (Å²) >= 11 is 0. The maximum atomic E-state index is 6.75. The first-order valence-electron chi connectivity index (χ1n) is 10.9. The minimum absolute atomic E-state index is 0.112. The van der Waals surface area contributed by atoms with Crippen molar-refractivity contribution in [2.45, 2.75) is 63.3 Å². The van der Waals surface area contributed by atoms with Crippen molar-refractivity contribution in [1.82, 2.24) is 20.4 Å². The van der Waals surface area contributed by atoms with Crippen molar-refractivity contribution >= 4 is 0 Å². The van der Waals surface area contributed by atoms with Gasteiger partial charge in [0.15, 0.2) is 0 Å². The molecular formula is C23H32N4O2. The van der Waals surface area contributed by atoms with Crippen LogP contribution in [0.3, 0.4) is 0 Å². The Labute approximate surface area is 173 Å². The number of aromatic nitrogens is 2. The molecule has 0 saturated carbocycles. The number of fused-ring (bicyclic) bond motifs is 4. The minimum Gasteiger partial charge on any atom is -0.482 e. The van der Waals surface area contributed by atoms with Crippen molar-refractivity contribution in [3.8, 4) is 17.0 Å². The molecule has 5 rings (SSSR count). The molecule has 1 unspecified atom stereocenters. The summed E-state index contributed by atoms with van der Waals surface area (Å²) in [5.74, 6) is 0.959. The number of rotatable bonds is 3. The Morgan fingerprint density at radius 1 is 1.21 bits per heavy atom. The highest BCUT2D eigenvalue weighted by Crippen LogP contribution is 2.50. The quantitative estimate of drug-likeness (QED) is 0.833. The lowest BCUT2D eigenvalue weighted by molar-refractivity contribution is 0.0277. The van der Waals surface area contributed by atoms with Crippen molar-refractivity contribution in [3.05, 3.63) is 35.5 Å². The molecule has 3 aliphatic rings. The number of hydrogen-bond donors (Lipinski definition) is 2. The predicted molar refractivity (Wildman–Crippen MR) is 113 cm³/mol. The van der Waals surface area contributed by atoms with E-state index in [1.165, 1.54) is 11.3 Å². The molecule has 0 amide bonds. The summed E-state index contributed by atoms with van der Waals surface area (Å²) in [6.45, 7) is 8.06. The van der Waals surface area contributed by atoms with E-state index >= 15 is 0 Å². The minimum atomic E-state index is -0.316. The van der Waals surface area contributed by atoms with Crippen molar-refractivity contribution in [2.75, 3.05) is 26.7 Å². The second-order valence-corrected chi connectivity index (χ2v) is 9.35. The van der Waals surface area contributed by atoms with Gasteiger partial charge in [-0.3, -0.25) is 4.68 Å². The average molecular weight is 397 g/mol. The van der Waals surface area contributed by atoms with Crippen molar-refractivity contribution in [1.29, 1.82) is 0 Å². The van der Waals surface area contributed by atoms with Gasteiger partial charge in [0, 0.05) is 36.6 Å². The van der Waals surface area contributed by atoms with Gasteiger partial charge in [-0.2, -0.15) is 5.10 Å². The Bertz CT molecular complexity index is 898. The smallest absolute Gasteiger partial charge is 0.140 e. The number of para-hydroxylation sites is 1. The van der Waals surface area contributed by atoms with Crippen LogP contribution in [0.4, 0.5) is 0 Å². The SMILES string of the molecule is COCc1c2c(nn1C1CCNC(C)(C)C1)-c1ccccc1OC21CCNCC1. The van der Waals surface area contributed by atoms with Gasteiger partial charge in [0.25, 0.3) is 0 Å². The summed E-state index contributed by atoms with van der Waals surface area (Å²) in [7, 11) is 1.78. The fraction of sp³-hybridized carbons (Fsp3) is 0.609. The maximum Gasteiger partial charge on any atom is 0.140 e. The van der Waals surface area contributed by atoms with Gasteiger partial charge in [-0.05, 0) is 58.5 Å². The first kappa shape index (κ1) is 19.1. The summed E-state index contributed by atoms with van der Waals surface area (Å²) in [6.07, 6.45) is 4.04. The molecule has 3 aliphatic heterocycles. The van der Waals surface area contributed by atoms with Crippen molar-refractivity contribution in [3.63, 3.8) is 0 Å². The Balaban J connectivity index is 1.70. The summed E-state index contributed by atoms with van der Waals surface area (Å²) in [4.78, 5) is 0. The molecule has 1 spiro atoms. The first-order valence-corrected chi connectivity index (χ1v) is 10.9. The van der Waals surface area contributed by atoms with Crippen LogP contribution in [0.15, 0.2) is 24.3 Å². The van der Waals surface area contributed by atoms with Crippen LogP contribution in [0.2, 0.25) is 0 Å². The van der Waals surface area contributed by atoms with E-state index in [2.05, 4.69) is 53.4 Å². The monoisotopic (exact) mass is 396 g/mol. The lowest BCUT2D eigenvalue weighted by Crippen LogP contribution is -2.47. The topological polar surface area (TPSA) is 60.3 Å². The maximum absolute atomic E-state index is 6.75. The van der Waals surface area contributed by atoms with Gasteiger partial charge in [0.05, 0.1) is 18.3 Å². The third kappa shape index (κ3) is 3.18. The number of benzene rings is 1. The molecule has 2 N–H and O–H groups in total. The first-order chi connectivity index (χ1) is 14.0. The summed E-state index contributed by atoms with van der Waals surface area (Å²) in [6, 6.07) is 8.73. The van der Waals surface area contributed by atoms with Gasteiger partial charge < -0.3 is 20.1 Å². The van der Waals surface area contributed by atoms with Crippen molar-refractivity contribution in [2.24, 2.45) is 0 Å². The summed E-state index contributed by atoms with van der Waals surface area (Å²) < 4.78 is 14.7. The van der Waals surface area contributed by atoms with E-state index in [9.17, 15) is 0 Å². The van der Waals surface area contributed by atoms with Gasteiger partial charge in [0.2, 0.25) is 0 Å². The van der Waals surface area contributed by atoms with E-state index < -0.39 is 0 Å². The summed E-state index contributed by atoms with van der Waals surface area (Å²) in [5.41, 5.74) is 4.45. The third-order valence-electron chi connectivity index (χ3n) is 6.78. The van der Waals surface area contributed by atoms with Crippen LogP contribution in [-0.2, 0) is 16.9 Å². The fourth-order valence-corrected chi connectivity index (χ4v) is 5.46. The van der Waals surface area contributed by atoms with Gasteiger partial charge in [0.1, 0.15) is 17.0 Å². The molecule has 1 aromatic heterocycles. The molecule has 6 nitrogen and oxygen atoms in total. The molecule has 29 heavy (non-hydrogen) atoms. The molecule has 4 heterocycles. The van der Waals surface area contributed by atoms with Gasteiger partial charge in [-0.25, -0.2) is 0 Å². The second-order valence-electron chi connectivity index (χ2n) is 9.35. The molecule has 156 valence electrons. The Morgan fingerprint density at radius 3 is 2.76 bits per heavy atom. The number of nitrogens with one attached hydrogen (secondary N) is 2. The molecule has 6 heteroatoms. The zero-order valence-electron chi connectivity index (χ0n) is 17.8. The highest BCUT2D eigenvalue weighted by Gasteiger charge is 2.47. The van der Waals surface area contributed by atoms with E-state index in [0.29, 0.717) is 12.6 Å². The van der Waals surface area contributed by atoms with Crippen LogP contribution in [0.25, 0.3) is 11.3 Å². The molecule has 1 atom stereocenters. The zero-order chi connectivity index (χ0) is 20.1. The zero-order valence-corrected chi connectivity index (χ0v) is 17.8. The average Bonchev–Trinajstić information content (AvgIpc) is 3.09. The van der Waals surface area contributed by atoms with Crippen LogP contribution in [-0.4, -0.2) is 42.1 Å². The normalized spacial score (nSPS) is 24.6. The van der Waals surface area contributed by atoms with E-state index in [1.807, 2.05) is 0 Å². The Hall–Kier alpha value is -1.89. The molecule has 0 radical (unpaired) electrons. The van der Waals surface area contributed by atoms with Crippen LogP contribution < -0.4 is 15.4 Å². The van der Waals surface area contributed by atoms with Gasteiger partial charge in [-0.15, -0.1) is 0 Å². The fourth-order valence-electron chi connectivity index (χ4n) is 5.46. The number of piperidine rings is 2. The van der Waals surface area contributed by atoms with E-state index in [1.54, 1.807) is 7.11 Å². The number of nitrogens with zero attached hydrogens (tertiary/aromatic N) is 2. The van der Waals surface area contributed by atoms with Crippen LogP contribution in [0.5, 0.6) is 5.75 Å². The molecular weight excluding hydrogens is 364 g/mol. The number of ether oxygens (including phenoxy) is 2. The Kier molecular flexibility index (Phi) is 4.68. The molecule has 0 aliphatic carbocycles. The highest BCUT2D eigenvalue weighted by molar-refractivity contribution is 5.74. The number of methoxy groups -OCH3 is 1. The largest absolute Gasteiger partial charge is 0.482 e. The molecule has 2 aromatic rings. The molecule has 0 bridgehead atoms. The number of hydrogen-bond acceptors (Lipinski definition) is 5. The standard InChI is InChI=1S/C23H32N4O2/c1-22(2)14-16(8-11-25-22)27-18(15-28-3)20-21(26-27)17-6-4-5-7-19(17)29-23(20)9-12-24-13-10-23/h4-7,16,24-25H,8-15H2,1-3H3. The van der Waals surface area contributed by atoms with E-state index in [-0.39, 0.29) is 11.1 Å². The van der Waals surface area contributed by atoms with Gasteiger partial charge in [-0.1, -0.05) is 12.1 Å². The van der Waals surface area contributed by atoms with Crippen LogP contribution in [0, 0.1) is 0 Å². The predicted octanol–water partition coefficient (Wildman–Crippen LogP) is 3.37. The van der Waals surface area contributed by atoms with Crippen LogP contribution >= 0.6 is 0 Å². The van der Waals surface area contributed by atoms with E-state index in [4.69, 9.17) is 14.6 Å². The van der Waals surface area contributed by atoms with E-state index in [0.717, 1.165) is 62.3 Å². The van der Waals surface area contributed by atoms with Gasteiger partial charge >= 0.3 is 0 Å². The lowest BCUT2D eigenvalue weighted by Gasteiger charge is -2.42. The molecule has 1 aromatic carbocycles. The lowest BCUT2D eigenvalue weighted by atomic mass is 9.80. The van der Waals surface area contributed by atoms with Crippen molar-refractivity contribution < 1.29 is 9.47 Å². The highest BCUT2D eigenvalue weighted by atomic mass is 16.5.